The SMILES string of the molecule is Cc1nc(C)c(NC(=O)c2cnn3c2C[C@H](CNC(=O)c2cccnc2)CC3)s1. The summed E-state index contributed by atoms with van der Waals surface area (Å²) in [5, 5.41) is 12.0. The van der Waals surface area contributed by atoms with Gasteiger partial charge in [-0.25, -0.2) is 4.98 Å². The van der Waals surface area contributed by atoms with Gasteiger partial charge in [0.15, 0.2) is 0 Å². The third kappa shape index (κ3) is 4.19. The van der Waals surface area contributed by atoms with Crippen LogP contribution in [0.15, 0.2) is 30.7 Å². The normalized spacial score (nSPS) is 15.6. The third-order valence-corrected chi connectivity index (χ3v) is 6.02. The average molecular weight is 411 g/mol. The molecule has 0 bridgehead atoms. The standard InChI is InChI=1S/C20H22N6O2S/c1-12-20(29-13(2)24-12)25-19(28)16-11-23-26-7-5-14(8-17(16)26)9-22-18(27)15-4-3-6-21-10-15/h3-4,6,10-11,14H,5,7-9H2,1-2H3,(H,22,27)(H,25,28)/t14-/m1/s1. The molecule has 1 aliphatic rings. The minimum absolute atomic E-state index is 0.133. The number of pyridine rings is 1. The largest absolute Gasteiger partial charge is 0.352 e. The van der Waals surface area contributed by atoms with E-state index in [0.29, 0.717) is 24.1 Å². The van der Waals surface area contributed by atoms with Gasteiger partial charge in [0.25, 0.3) is 11.8 Å². The first kappa shape index (κ1) is 19.3. The zero-order valence-corrected chi connectivity index (χ0v) is 17.1. The molecule has 2 amide bonds. The Morgan fingerprint density at radius 1 is 1.28 bits per heavy atom. The summed E-state index contributed by atoms with van der Waals surface area (Å²) in [6.07, 6.45) is 6.41. The summed E-state index contributed by atoms with van der Waals surface area (Å²) >= 11 is 1.46. The second-order valence-corrected chi connectivity index (χ2v) is 8.34. The van der Waals surface area contributed by atoms with Crippen LogP contribution >= 0.6 is 11.3 Å². The maximum atomic E-state index is 12.8. The lowest BCUT2D eigenvalue weighted by Crippen LogP contribution is -2.33. The molecule has 0 fully saturated rings. The minimum atomic E-state index is -0.168. The zero-order valence-electron chi connectivity index (χ0n) is 16.3. The highest BCUT2D eigenvalue weighted by Crippen LogP contribution is 2.26. The number of nitrogens with one attached hydrogen (secondary N) is 2. The first-order valence-corrected chi connectivity index (χ1v) is 10.3. The maximum absolute atomic E-state index is 12.8. The van der Waals surface area contributed by atoms with E-state index in [0.717, 1.165) is 34.4 Å². The summed E-state index contributed by atoms with van der Waals surface area (Å²) in [4.78, 5) is 33.4. The van der Waals surface area contributed by atoms with Crippen LogP contribution in [0.5, 0.6) is 0 Å². The molecule has 9 heteroatoms. The van der Waals surface area contributed by atoms with Crippen LogP contribution in [0.4, 0.5) is 5.00 Å². The van der Waals surface area contributed by atoms with Crippen LogP contribution in [0.2, 0.25) is 0 Å². The van der Waals surface area contributed by atoms with Crippen LogP contribution in [-0.4, -0.2) is 38.1 Å². The Labute approximate surface area is 172 Å². The molecule has 150 valence electrons. The number of aryl methyl sites for hydroxylation is 3. The van der Waals surface area contributed by atoms with E-state index in [2.05, 4.69) is 25.7 Å². The number of nitrogens with zero attached hydrogens (tertiary/aromatic N) is 4. The van der Waals surface area contributed by atoms with Crippen molar-refractivity contribution in [2.24, 2.45) is 5.92 Å². The lowest BCUT2D eigenvalue weighted by Gasteiger charge is -2.24. The van der Waals surface area contributed by atoms with Crippen molar-refractivity contribution in [1.29, 1.82) is 0 Å². The van der Waals surface area contributed by atoms with Crippen LogP contribution in [-0.2, 0) is 13.0 Å². The molecule has 0 saturated carbocycles. The van der Waals surface area contributed by atoms with Gasteiger partial charge in [0.1, 0.15) is 5.00 Å². The first-order chi connectivity index (χ1) is 14.0. The topological polar surface area (TPSA) is 102 Å². The second kappa shape index (κ2) is 8.12. The number of fused-ring (bicyclic) bond motifs is 1. The summed E-state index contributed by atoms with van der Waals surface area (Å²) in [6.45, 7) is 5.08. The number of rotatable bonds is 5. The molecule has 0 unspecified atom stereocenters. The van der Waals surface area contributed by atoms with E-state index in [9.17, 15) is 9.59 Å². The molecule has 8 nitrogen and oxygen atoms in total. The molecule has 1 aliphatic heterocycles. The Balaban J connectivity index is 1.41. The predicted octanol–water partition coefficient (Wildman–Crippen LogP) is 2.60. The Kier molecular flexibility index (Phi) is 5.39. The number of anilines is 1. The Morgan fingerprint density at radius 2 is 2.14 bits per heavy atom. The van der Waals surface area contributed by atoms with Crippen molar-refractivity contribution in [1.82, 2.24) is 25.1 Å². The van der Waals surface area contributed by atoms with E-state index in [4.69, 9.17) is 0 Å². The average Bonchev–Trinajstić information content (AvgIpc) is 3.28. The van der Waals surface area contributed by atoms with Gasteiger partial charge in [-0.3, -0.25) is 19.3 Å². The zero-order chi connectivity index (χ0) is 20.4. The van der Waals surface area contributed by atoms with Gasteiger partial charge in [-0.05, 0) is 44.7 Å². The fourth-order valence-electron chi connectivity index (χ4n) is 3.52. The van der Waals surface area contributed by atoms with Crippen LogP contribution in [0.25, 0.3) is 0 Å². The van der Waals surface area contributed by atoms with Crippen molar-refractivity contribution in [2.75, 3.05) is 11.9 Å². The van der Waals surface area contributed by atoms with E-state index in [1.54, 1.807) is 30.7 Å². The molecular weight excluding hydrogens is 388 g/mol. The monoisotopic (exact) mass is 410 g/mol. The number of aromatic nitrogens is 4. The van der Waals surface area contributed by atoms with E-state index < -0.39 is 0 Å². The minimum Gasteiger partial charge on any atom is -0.352 e. The van der Waals surface area contributed by atoms with Gasteiger partial charge in [0.2, 0.25) is 0 Å². The summed E-state index contributed by atoms with van der Waals surface area (Å²) in [5.41, 5.74) is 2.86. The van der Waals surface area contributed by atoms with Crippen molar-refractivity contribution in [3.05, 3.63) is 58.2 Å². The van der Waals surface area contributed by atoms with E-state index in [1.807, 2.05) is 18.5 Å². The lowest BCUT2D eigenvalue weighted by atomic mass is 9.94. The molecule has 2 N–H and O–H groups in total. The Morgan fingerprint density at radius 3 is 2.86 bits per heavy atom. The summed E-state index contributed by atoms with van der Waals surface area (Å²) in [5.74, 6) is -0.0528. The fourth-order valence-corrected chi connectivity index (χ4v) is 4.33. The highest BCUT2D eigenvalue weighted by atomic mass is 32.1. The van der Waals surface area contributed by atoms with Crippen molar-refractivity contribution in [3.8, 4) is 0 Å². The molecule has 3 aromatic rings. The molecule has 0 saturated heterocycles. The van der Waals surface area contributed by atoms with E-state index in [-0.39, 0.29) is 17.7 Å². The van der Waals surface area contributed by atoms with Crippen molar-refractivity contribution < 1.29 is 9.59 Å². The number of thiazole rings is 1. The fraction of sp³-hybridized carbons (Fsp3) is 0.350. The predicted molar refractivity (Wildman–Crippen MR) is 110 cm³/mol. The summed E-state index contributed by atoms with van der Waals surface area (Å²) in [7, 11) is 0. The van der Waals surface area contributed by atoms with Crippen molar-refractivity contribution in [2.45, 2.75) is 33.2 Å². The van der Waals surface area contributed by atoms with Gasteiger partial charge >= 0.3 is 0 Å². The Hall–Kier alpha value is -3.07. The number of carbonyl (C=O) groups excluding carboxylic acids is 2. The van der Waals surface area contributed by atoms with Crippen molar-refractivity contribution in [3.63, 3.8) is 0 Å². The first-order valence-electron chi connectivity index (χ1n) is 9.49. The molecule has 0 radical (unpaired) electrons. The molecule has 1 atom stereocenters. The van der Waals surface area contributed by atoms with Gasteiger partial charge < -0.3 is 10.6 Å². The molecule has 0 spiro atoms. The van der Waals surface area contributed by atoms with Gasteiger partial charge in [0, 0.05) is 25.5 Å². The molecule has 29 heavy (non-hydrogen) atoms. The van der Waals surface area contributed by atoms with Gasteiger partial charge in [-0.1, -0.05) is 0 Å². The molecular formula is C20H22N6O2S. The van der Waals surface area contributed by atoms with Crippen LogP contribution in [0, 0.1) is 19.8 Å². The van der Waals surface area contributed by atoms with E-state index >= 15 is 0 Å². The number of hydrogen-bond acceptors (Lipinski definition) is 6. The van der Waals surface area contributed by atoms with Gasteiger partial charge in [-0.15, -0.1) is 11.3 Å². The molecule has 4 rings (SSSR count). The smallest absolute Gasteiger partial charge is 0.259 e. The van der Waals surface area contributed by atoms with Gasteiger partial charge in [-0.2, -0.15) is 5.10 Å². The molecule has 4 heterocycles. The maximum Gasteiger partial charge on any atom is 0.259 e. The summed E-state index contributed by atoms with van der Waals surface area (Å²) < 4.78 is 1.89. The van der Waals surface area contributed by atoms with Gasteiger partial charge in [0.05, 0.1) is 33.7 Å². The third-order valence-electron chi connectivity index (χ3n) is 5.03. The van der Waals surface area contributed by atoms with E-state index in [1.165, 1.54) is 11.3 Å². The Bertz CT molecular complexity index is 1040. The van der Waals surface area contributed by atoms with Crippen LogP contribution in [0.1, 0.15) is 43.5 Å². The molecule has 0 aromatic carbocycles. The lowest BCUT2D eigenvalue weighted by molar-refractivity contribution is 0.0942. The number of carbonyl (C=O) groups is 2. The highest BCUT2D eigenvalue weighted by Gasteiger charge is 2.26. The molecule has 0 aliphatic carbocycles. The highest BCUT2D eigenvalue weighted by molar-refractivity contribution is 7.16. The van der Waals surface area contributed by atoms with Crippen LogP contribution < -0.4 is 10.6 Å². The second-order valence-electron chi connectivity index (χ2n) is 7.14. The van der Waals surface area contributed by atoms with Crippen LogP contribution in [0.3, 0.4) is 0 Å². The molecule has 3 aromatic heterocycles. The quantitative estimate of drug-likeness (QED) is 0.673. The summed E-state index contributed by atoms with van der Waals surface area (Å²) in [6, 6.07) is 3.48. The number of hydrogen-bond donors (Lipinski definition) is 2. The van der Waals surface area contributed by atoms with Crippen molar-refractivity contribution >= 4 is 28.2 Å². The number of amides is 2.